The smallest absolute Gasteiger partial charge is 0.335 e. The number of ether oxygens (including phenoxy) is 1. The van der Waals surface area contributed by atoms with Crippen LogP contribution in [0.3, 0.4) is 0 Å². The highest BCUT2D eigenvalue weighted by molar-refractivity contribution is 5.89. The lowest BCUT2D eigenvalue weighted by Gasteiger charge is -2.21. The molecule has 0 saturated carbocycles. The molecular weight excluding hydrogens is 270 g/mol. The maximum Gasteiger partial charge on any atom is 0.335 e. The van der Waals surface area contributed by atoms with E-state index in [1.165, 1.54) is 0 Å². The lowest BCUT2D eigenvalue weighted by atomic mass is 9.90. The van der Waals surface area contributed by atoms with Gasteiger partial charge in [0, 0.05) is 25.0 Å². The zero-order valence-electron chi connectivity index (χ0n) is 12.2. The van der Waals surface area contributed by atoms with Crippen molar-refractivity contribution in [2.24, 2.45) is 5.41 Å². The Kier molecular flexibility index (Phi) is 4.96. The summed E-state index contributed by atoms with van der Waals surface area (Å²) in [6.07, 6.45) is 1.68. The largest absolute Gasteiger partial charge is 0.478 e. The third-order valence-electron chi connectivity index (χ3n) is 3.88. The average Bonchev–Trinajstić information content (AvgIpc) is 2.90. The molecule has 2 rings (SSSR count). The summed E-state index contributed by atoms with van der Waals surface area (Å²) in [5.41, 5.74) is 0.978. The highest BCUT2D eigenvalue weighted by Gasteiger charge is 2.29. The number of aromatic carboxylic acids is 1. The van der Waals surface area contributed by atoms with Crippen molar-refractivity contribution in [1.29, 1.82) is 0 Å². The van der Waals surface area contributed by atoms with Gasteiger partial charge in [-0.2, -0.15) is 0 Å². The molecule has 1 saturated heterocycles. The van der Waals surface area contributed by atoms with Crippen molar-refractivity contribution in [3.8, 4) is 0 Å². The fourth-order valence-electron chi connectivity index (χ4n) is 2.44. The number of carboxylic acid groups (broad SMARTS) is 1. The van der Waals surface area contributed by atoms with Gasteiger partial charge in [0.05, 0.1) is 12.2 Å². The Bertz CT molecular complexity index is 521. The third-order valence-corrected chi connectivity index (χ3v) is 3.88. The molecule has 1 aliphatic rings. The van der Waals surface area contributed by atoms with E-state index in [2.05, 4.69) is 12.2 Å². The quantitative estimate of drug-likeness (QED) is 0.839. The van der Waals surface area contributed by atoms with E-state index in [1.54, 1.807) is 24.3 Å². The number of carbonyl (C=O) groups is 2. The van der Waals surface area contributed by atoms with E-state index >= 15 is 0 Å². The minimum Gasteiger partial charge on any atom is -0.478 e. The van der Waals surface area contributed by atoms with Gasteiger partial charge in [0.1, 0.15) is 0 Å². The standard InChI is InChI=1S/C16H21NO4/c1-16(8-9-21-11-16)10-17-14(18)7-6-12-4-2-3-5-13(12)15(19)20/h2-5H,6-11H2,1H3,(H,17,18)(H,19,20). The zero-order chi connectivity index (χ0) is 15.3. The molecule has 0 spiro atoms. The van der Waals surface area contributed by atoms with Crippen LogP contribution >= 0.6 is 0 Å². The van der Waals surface area contributed by atoms with Gasteiger partial charge in [0.25, 0.3) is 0 Å². The second-order valence-corrected chi connectivity index (χ2v) is 5.85. The van der Waals surface area contributed by atoms with Crippen LogP contribution in [-0.4, -0.2) is 36.7 Å². The predicted molar refractivity (Wildman–Crippen MR) is 78.3 cm³/mol. The van der Waals surface area contributed by atoms with Crippen LogP contribution in [0.2, 0.25) is 0 Å². The van der Waals surface area contributed by atoms with Gasteiger partial charge in [-0.1, -0.05) is 25.1 Å². The first kappa shape index (κ1) is 15.5. The van der Waals surface area contributed by atoms with Crippen molar-refractivity contribution in [3.63, 3.8) is 0 Å². The van der Waals surface area contributed by atoms with Crippen molar-refractivity contribution in [1.82, 2.24) is 5.32 Å². The van der Waals surface area contributed by atoms with E-state index in [9.17, 15) is 9.59 Å². The van der Waals surface area contributed by atoms with Crippen LogP contribution < -0.4 is 5.32 Å². The van der Waals surface area contributed by atoms with Crippen LogP contribution in [0.15, 0.2) is 24.3 Å². The Hall–Kier alpha value is -1.88. The maximum atomic E-state index is 11.9. The number of amides is 1. The van der Waals surface area contributed by atoms with Crippen molar-refractivity contribution < 1.29 is 19.4 Å². The van der Waals surface area contributed by atoms with Gasteiger partial charge in [-0.25, -0.2) is 4.79 Å². The van der Waals surface area contributed by atoms with E-state index < -0.39 is 5.97 Å². The monoisotopic (exact) mass is 291 g/mol. The van der Waals surface area contributed by atoms with Crippen LogP contribution in [0, 0.1) is 5.41 Å². The minimum atomic E-state index is -0.957. The van der Waals surface area contributed by atoms with Crippen molar-refractivity contribution in [2.75, 3.05) is 19.8 Å². The Balaban J connectivity index is 1.83. The van der Waals surface area contributed by atoms with Crippen LogP contribution in [-0.2, 0) is 16.0 Å². The lowest BCUT2D eigenvalue weighted by Crippen LogP contribution is -2.36. The van der Waals surface area contributed by atoms with E-state index in [0.29, 0.717) is 31.6 Å². The van der Waals surface area contributed by atoms with Crippen LogP contribution in [0.1, 0.15) is 35.7 Å². The Labute approximate surface area is 124 Å². The first-order valence-corrected chi connectivity index (χ1v) is 7.16. The molecule has 1 aliphatic heterocycles. The molecule has 1 atom stereocenters. The second kappa shape index (κ2) is 6.72. The van der Waals surface area contributed by atoms with Gasteiger partial charge in [-0.15, -0.1) is 0 Å². The average molecular weight is 291 g/mol. The number of hydrogen-bond acceptors (Lipinski definition) is 3. The first-order valence-electron chi connectivity index (χ1n) is 7.16. The summed E-state index contributed by atoms with van der Waals surface area (Å²) in [4.78, 5) is 23.0. The van der Waals surface area contributed by atoms with Crippen LogP contribution in [0.4, 0.5) is 0 Å². The number of hydrogen-bond donors (Lipinski definition) is 2. The number of rotatable bonds is 6. The lowest BCUT2D eigenvalue weighted by molar-refractivity contribution is -0.121. The van der Waals surface area contributed by atoms with Gasteiger partial charge in [-0.3, -0.25) is 4.79 Å². The molecular formula is C16H21NO4. The second-order valence-electron chi connectivity index (χ2n) is 5.85. The van der Waals surface area contributed by atoms with Gasteiger partial charge in [-0.05, 0) is 24.5 Å². The highest BCUT2D eigenvalue weighted by Crippen LogP contribution is 2.26. The molecule has 1 fully saturated rings. The summed E-state index contributed by atoms with van der Waals surface area (Å²) in [6, 6.07) is 6.79. The fraction of sp³-hybridized carbons (Fsp3) is 0.500. The van der Waals surface area contributed by atoms with Crippen molar-refractivity contribution in [2.45, 2.75) is 26.2 Å². The molecule has 1 amide bonds. The Morgan fingerprint density at radius 2 is 2.14 bits per heavy atom. The minimum absolute atomic E-state index is 0.0225. The van der Waals surface area contributed by atoms with Gasteiger partial charge in [0.15, 0.2) is 0 Å². The number of aryl methyl sites for hydroxylation is 1. The number of carbonyl (C=O) groups excluding carboxylic acids is 1. The summed E-state index contributed by atoms with van der Waals surface area (Å²) in [5.74, 6) is -1.01. The predicted octanol–water partition coefficient (Wildman–Crippen LogP) is 1.86. The molecule has 0 aromatic heterocycles. The van der Waals surface area contributed by atoms with E-state index in [1.807, 2.05) is 0 Å². The third kappa shape index (κ3) is 4.29. The first-order chi connectivity index (χ1) is 10.0. The van der Waals surface area contributed by atoms with Crippen LogP contribution in [0.25, 0.3) is 0 Å². The fourth-order valence-corrected chi connectivity index (χ4v) is 2.44. The van der Waals surface area contributed by atoms with Crippen molar-refractivity contribution >= 4 is 11.9 Å². The highest BCUT2D eigenvalue weighted by atomic mass is 16.5. The van der Waals surface area contributed by atoms with Gasteiger partial charge in [0.2, 0.25) is 5.91 Å². The number of carboxylic acids is 1. The van der Waals surface area contributed by atoms with E-state index in [4.69, 9.17) is 9.84 Å². The van der Waals surface area contributed by atoms with Crippen molar-refractivity contribution in [3.05, 3.63) is 35.4 Å². The van der Waals surface area contributed by atoms with E-state index in [0.717, 1.165) is 13.0 Å². The molecule has 1 unspecified atom stereocenters. The van der Waals surface area contributed by atoms with Crippen LogP contribution in [0.5, 0.6) is 0 Å². The Morgan fingerprint density at radius 3 is 2.81 bits per heavy atom. The maximum absolute atomic E-state index is 11.9. The summed E-state index contributed by atoms with van der Waals surface area (Å²) in [7, 11) is 0. The molecule has 0 aliphatic carbocycles. The Morgan fingerprint density at radius 1 is 1.38 bits per heavy atom. The normalized spacial score (nSPS) is 21.2. The summed E-state index contributed by atoms with van der Waals surface area (Å²) in [5, 5.41) is 12.0. The zero-order valence-corrected chi connectivity index (χ0v) is 12.2. The molecule has 5 nitrogen and oxygen atoms in total. The SMILES string of the molecule is CC1(CNC(=O)CCc2ccccc2C(=O)O)CCOC1. The molecule has 2 N–H and O–H groups in total. The molecule has 1 heterocycles. The topological polar surface area (TPSA) is 75.6 Å². The number of nitrogens with one attached hydrogen (secondary N) is 1. The summed E-state index contributed by atoms with van der Waals surface area (Å²) in [6.45, 7) is 4.12. The molecule has 21 heavy (non-hydrogen) atoms. The van der Waals surface area contributed by atoms with E-state index in [-0.39, 0.29) is 16.9 Å². The number of benzene rings is 1. The molecule has 0 bridgehead atoms. The summed E-state index contributed by atoms with van der Waals surface area (Å²) >= 11 is 0. The molecule has 1 aromatic carbocycles. The van der Waals surface area contributed by atoms with Gasteiger partial charge >= 0.3 is 5.97 Å². The molecule has 1 aromatic rings. The molecule has 114 valence electrons. The molecule has 0 radical (unpaired) electrons. The van der Waals surface area contributed by atoms with Gasteiger partial charge < -0.3 is 15.2 Å². The molecule has 5 heteroatoms. The summed E-state index contributed by atoms with van der Waals surface area (Å²) < 4.78 is 5.35.